The number of amides is 2. The van der Waals surface area contributed by atoms with Crippen LogP contribution in [0.1, 0.15) is 21.4 Å². The summed E-state index contributed by atoms with van der Waals surface area (Å²) in [6.45, 7) is 0.891. The van der Waals surface area contributed by atoms with Gasteiger partial charge in [-0.1, -0.05) is 0 Å². The number of hydrogen-bond acceptors (Lipinski definition) is 5. The molecule has 18 heavy (non-hydrogen) atoms. The molecule has 7 heteroatoms. The Labute approximate surface area is 113 Å². The molecule has 0 spiro atoms. The molecular formula is C11H13N3O2S2. The summed E-state index contributed by atoms with van der Waals surface area (Å²) < 4.78 is 0. The van der Waals surface area contributed by atoms with Crippen LogP contribution in [0, 0.1) is 0 Å². The van der Waals surface area contributed by atoms with E-state index in [-0.39, 0.29) is 18.1 Å². The Morgan fingerprint density at radius 3 is 3.11 bits per heavy atom. The Hall–Kier alpha value is -1.05. The average Bonchev–Trinajstić information content (AvgIpc) is 2.95. The normalized spacial score (nSPS) is 27.9. The van der Waals surface area contributed by atoms with Gasteiger partial charge in [0.1, 0.15) is 12.2 Å². The number of thiophene rings is 1. The highest BCUT2D eigenvalue weighted by molar-refractivity contribution is 7.99. The van der Waals surface area contributed by atoms with Gasteiger partial charge in [-0.2, -0.15) is 11.8 Å². The number of hydrogen-bond donors (Lipinski definition) is 2. The monoisotopic (exact) mass is 283 g/mol. The summed E-state index contributed by atoms with van der Waals surface area (Å²) in [5.41, 5.74) is 5.76. The van der Waals surface area contributed by atoms with Crippen molar-refractivity contribution in [1.82, 2.24) is 10.2 Å². The Kier molecular flexibility index (Phi) is 3.04. The zero-order valence-corrected chi connectivity index (χ0v) is 11.2. The summed E-state index contributed by atoms with van der Waals surface area (Å²) in [4.78, 5) is 26.1. The van der Waals surface area contributed by atoms with Crippen LogP contribution in [-0.4, -0.2) is 40.8 Å². The van der Waals surface area contributed by atoms with E-state index in [9.17, 15) is 9.59 Å². The van der Waals surface area contributed by atoms with Gasteiger partial charge in [-0.3, -0.25) is 14.5 Å². The van der Waals surface area contributed by atoms with Crippen LogP contribution in [0.15, 0.2) is 11.4 Å². The van der Waals surface area contributed by atoms with E-state index in [0.717, 1.165) is 22.9 Å². The van der Waals surface area contributed by atoms with Crippen LogP contribution >= 0.6 is 23.1 Å². The van der Waals surface area contributed by atoms with Crippen LogP contribution in [-0.2, 0) is 4.79 Å². The summed E-state index contributed by atoms with van der Waals surface area (Å²) in [7, 11) is 0. The molecule has 2 atom stereocenters. The van der Waals surface area contributed by atoms with Crippen molar-refractivity contribution in [2.45, 2.75) is 12.2 Å². The molecule has 2 fully saturated rings. The average molecular weight is 283 g/mol. The highest BCUT2D eigenvalue weighted by Gasteiger charge is 2.42. The molecule has 0 radical (unpaired) electrons. The maximum absolute atomic E-state index is 11.9. The molecule has 1 aromatic heterocycles. The number of nitrogens with one attached hydrogen (secondary N) is 1. The zero-order chi connectivity index (χ0) is 12.7. The van der Waals surface area contributed by atoms with Crippen molar-refractivity contribution in [3.8, 4) is 0 Å². The van der Waals surface area contributed by atoms with E-state index in [4.69, 9.17) is 5.73 Å². The molecule has 2 aliphatic rings. The molecule has 5 nitrogen and oxygen atoms in total. The predicted molar refractivity (Wildman–Crippen MR) is 71.5 cm³/mol. The molecule has 0 saturated carbocycles. The van der Waals surface area contributed by atoms with E-state index in [1.54, 1.807) is 11.4 Å². The fourth-order valence-corrected chi connectivity index (χ4v) is 4.36. The topological polar surface area (TPSA) is 75.4 Å². The van der Waals surface area contributed by atoms with Crippen molar-refractivity contribution in [3.05, 3.63) is 21.9 Å². The quantitative estimate of drug-likeness (QED) is 0.823. The van der Waals surface area contributed by atoms with Crippen molar-refractivity contribution < 1.29 is 9.59 Å². The van der Waals surface area contributed by atoms with Gasteiger partial charge in [0, 0.05) is 28.3 Å². The van der Waals surface area contributed by atoms with Crippen molar-refractivity contribution in [2.75, 3.05) is 18.1 Å². The summed E-state index contributed by atoms with van der Waals surface area (Å²) in [6.07, 6.45) is -0.0958. The van der Waals surface area contributed by atoms with Gasteiger partial charge >= 0.3 is 0 Å². The molecule has 0 bridgehead atoms. The number of carbonyl (C=O) groups is 2. The van der Waals surface area contributed by atoms with Gasteiger partial charge in [0.2, 0.25) is 11.8 Å². The molecule has 96 valence electrons. The van der Waals surface area contributed by atoms with Crippen LogP contribution in [0.2, 0.25) is 0 Å². The fourth-order valence-electron chi connectivity index (χ4n) is 2.33. The molecule has 1 aromatic rings. The van der Waals surface area contributed by atoms with Crippen LogP contribution in [0.4, 0.5) is 0 Å². The van der Waals surface area contributed by atoms with E-state index in [0.29, 0.717) is 5.56 Å². The minimum Gasteiger partial charge on any atom is -0.366 e. The fraction of sp³-hybridized carbons (Fsp3) is 0.455. The summed E-state index contributed by atoms with van der Waals surface area (Å²) in [5, 5.41) is 4.74. The largest absolute Gasteiger partial charge is 0.366 e. The first kappa shape index (κ1) is 12.0. The number of rotatable bonds is 2. The van der Waals surface area contributed by atoms with Crippen LogP contribution in [0.3, 0.4) is 0 Å². The van der Waals surface area contributed by atoms with Gasteiger partial charge in [0.25, 0.3) is 0 Å². The van der Waals surface area contributed by atoms with Gasteiger partial charge in [-0.15, -0.1) is 11.3 Å². The number of fused-ring (bicyclic) bond motifs is 1. The van der Waals surface area contributed by atoms with E-state index in [2.05, 4.69) is 10.2 Å². The van der Waals surface area contributed by atoms with Gasteiger partial charge in [-0.25, -0.2) is 0 Å². The van der Waals surface area contributed by atoms with E-state index in [1.807, 2.05) is 11.8 Å². The van der Waals surface area contributed by atoms with Gasteiger partial charge in [0.05, 0.1) is 5.56 Å². The Bertz CT molecular complexity index is 502. The molecule has 2 unspecified atom stereocenters. The maximum Gasteiger partial charge on any atom is 0.249 e. The Morgan fingerprint density at radius 1 is 1.56 bits per heavy atom. The standard InChI is InChI=1S/C11H13N3O2S2/c12-9(15)6-3-8(18-4-6)10-13-11(16)7-5-17-2-1-14(7)10/h3-4,7,10H,1-2,5H2,(H2,12,15)(H,13,16). The Balaban J connectivity index is 1.87. The van der Waals surface area contributed by atoms with Crippen LogP contribution in [0.5, 0.6) is 0 Å². The molecule has 2 amide bonds. The smallest absolute Gasteiger partial charge is 0.249 e. The van der Waals surface area contributed by atoms with E-state index >= 15 is 0 Å². The van der Waals surface area contributed by atoms with Crippen molar-refractivity contribution in [1.29, 1.82) is 0 Å². The Morgan fingerprint density at radius 2 is 2.39 bits per heavy atom. The molecule has 3 rings (SSSR count). The highest BCUT2D eigenvalue weighted by atomic mass is 32.2. The lowest BCUT2D eigenvalue weighted by atomic mass is 10.2. The highest BCUT2D eigenvalue weighted by Crippen LogP contribution is 2.34. The first-order valence-electron chi connectivity index (χ1n) is 5.69. The van der Waals surface area contributed by atoms with Crippen LogP contribution in [0.25, 0.3) is 0 Å². The first-order chi connectivity index (χ1) is 8.66. The molecule has 3 N–H and O–H groups in total. The second-order valence-electron chi connectivity index (χ2n) is 4.34. The van der Waals surface area contributed by atoms with E-state index in [1.165, 1.54) is 11.3 Å². The number of thioether (sulfide) groups is 1. The van der Waals surface area contributed by atoms with Crippen molar-refractivity contribution in [3.63, 3.8) is 0 Å². The lowest BCUT2D eigenvalue weighted by Crippen LogP contribution is -2.41. The third-order valence-corrected chi connectivity index (χ3v) is 5.26. The minimum absolute atomic E-state index is 0.0344. The maximum atomic E-state index is 11.9. The van der Waals surface area contributed by atoms with E-state index < -0.39 is 5.91 Å². The second kappa shape index (κ2) is 4.56. The second-order valence-corrected chi connectivity index (χ2v) is 6.43. The molecule has 0 aromatic carbocycles. The van der Waals surface area contributed by atoms with Crippen LogP contribution < -0.4 is 11.1 Å². The SMILES string of the molecule is NC(=O)c1csc(C2NC(=O)C3CSCCN32)c1. The first-order valence-corrected chi connectivity index (χ1v) is 7.72. The van der Waals surface area contributed by atoms with Gasteiger partial charge in [0.15, 0.2) is 0 Å². The number of nitrogens with zero attached hydrogens (tertiary/aromatic N) is 1. The summed E-state index contributed by atoms with van der Waals surface area (Å²) in [5.74, 6) is 1.54. The third kappa shape index (κ3) is 1.92. The minimum atomic E-state index is -0.424. The lowest BCUT2D eigenvalue weighted by Gasteiger charge is -2.30. The van der Waals surface area contributed by atoms with Gasteiger partial charge < -0.3 is 11.1 Å². The zero-order valence-electron chi connectivity index (χ0n) is 9.59. The van der Waals surface area contributed by atoms with Crippen molar-refractivity contribution in [2.24, 2.45) is 5.73 Å². The number of carbonyl (C=O) groups excluding carboxylic acids is 2. The molecule has 3 heterocycles. The summed E-state index contributed by atoms with van der Waals surface area (Å²) in [6, 6.07) is 1.75. The third-order valence-electron chi connectivity index (χ3n) is 3.26. The number of nitrogens with two attached hydrogens (primary N) is 1. The molecular weight excluding hydrogens is 270 g/mol. The number of primary amides is 1. The molecule has 2 saturated heterocycles. The molecule has 0 aliphatic carbocycles. The molecule has 2 aliphatic heterocycles. The van der Waals surface area contributed by atoms with Crippen molar-refractivity contribution >= 4 is 34.9 Å². The lowest BCUT2D eigenvalue weighted by molar-refractivity contribution is -0.121. The predicted octanol–water partition coefficient (Wildman–Crippen LogP) is 0.393. The summed E-state index contributed by atoms with van der Waals surface area (Å²) >= 11 is 3.28. The van der Waals surface area contributed by atoms with Gasteiger partial charge in [-0.05, 0) is 6.07 Å².